The Labute approximate surface area is 319 Å². The zero-order valence-electron chi connectivity index (χ0n) is 30.2. The van der Waals surface area contributed by atoms with Crippen molar-refractivity contribution in [3.05, 3.63) is 210 Å². The lowest BCUT2D eigenvalue weighted by atomic mass is 9.87. The molecule has 3 heterocycles. The van der Waals surface area contributed by atoms with Crippen LogP contribution < -0.4 is 4.90 Å². The van der Waals surface area contributed by atoms with E-state index in [1.54, 1.807) is 0 Å². The number of rotatable bonds is 5. The minimum Gasteiger partial charge on any atom is -0.313 e. The highest BCUT2D eigenvalue weighted by Gasteiger charge is 2.42. The van der Waals surface area contributed by atoms with Gasteiger partial charge in [-0.1, -0.05) is 115 Å². The monoisotopic (exact) mass is 702 g/mol. The molecule has 0 fully saturated rings. The maximum absolute atomic E-state index is 2.48. The molecule has 1 aliphatic carbocycles. The molecule has 0 saturated carbocycles. The van der Waals surface area contributed by atoms with Crippen LogP contribution in [0.1, 0.15) is 28.4 Å². The van der Waals surface area contributed by atoms with Gasteiger partial charge in [-0.05, 0) is 82.6 Å². The number of benzene rings is 8. The Morgan fingerprint density at radius 2 is 1.15 bits per heavy atom. The maximum atomic E-state index is 2.48. The molecule has 8 aromatic carbocycles. The first-order chi connectivity index (χ1) is 27.3. The fourth-order valence-corrected chi connectivity index (χ4v) is 9.67. The van der Waals surface area contributed by atoms with Gasteiger partial charge < -0.3 is 9.13 Å². The van der Waals surface area contributed by atoms with E-state index in [1.165, 1.54) is 105 Å². The molecule has 0 amide bonds. The Bertz CT molecular complexity index is 3160. The van der Waals surface area contributed by atoms with Crippen molar-refractivity contribution < 1.29 is 4.90 Å². The number of aromatic nitrogens is 2. The molecule has 0 saturated heterocycles. The van der Waals surface area contributed by atoms with Crippen LogP contribution in [-0.2, 0) is 6.42 Å². The molecule has 10 aromatic rings. The standard InChI is InChI=1S/C52H35N3/c1-3-13-35(14-4-1)52-43-18-9-10-20-47(43)55(52)40-27-25-39(26-28-40)53-46-21-11-19-42(46)44-32-36(23-29-48(44)53)37-24-30-49-45(33-37)51-41-17-8-7-12-34(41)22-31-50(51)54(49)38-15-5-2-6-16-38/h1-20,22-33,52H,21H2/p+1. The van der Waals surface area contributed by atoms with Crippen molar-refractivity contribution in [2.24, 2.45) is 0 Å². The summed E-state index contributed by atoms with van der Waals surface area (Å²) in [6.45, 7) is 0. The Morgan fingerprint density at radius 3 is 1.96 bits per heavy atom. The predicted molar refractivity (Wildman–Crippen MR) is 228 cm³/mol. The lowest BCUT2D eigenvalue weighted by molar-refractivity contribution is -0.814. The molecule has 3 heteroatoms. The molecule has 2 atom stereocenters. The molecule has 2 unspecified atom stereocenters. The van der Waals surface area contributed by atoms with Crippen molar-refractivity contribution in [1.82, 2.24) is 9.13 Å². The van der Waals surface area contributed by atoms with Gasteiger partial charge in [0, 0.05) is 69.0 Å². The smallest absolute Gasteiger partial charge is 0.154 e. The second-order valence-electron chi connectivity index (χ2n) is 15.0. The first-order valence-electron chi connectivity index (χ1n) is 19.3. The van der Waals surface area contributed by atoms with Crippen LogP contribution in [0.4, 0.5) is 11.4 Å². The summed E-state index contributed by atoms with van der Waals surface area (Å²) in [5.41, 5.74) is 16.7. The van der Waals surface area contributed by atoms with E-state index in [1.807, 2.05) is 0 Å². The summed E-state index contributed by atoms with van der Waals surface area (Å²) in [6.07, 6.45) is 5.56. The average Bonchev–Trinajstić information content (AvgIpc) is 3.94. The first kappa shape index (κ1) is 30.5. The molecule has 0 spiro atoms. The van der Waals surface area contributed by atoms with Crippen molar-refractivity contribution in [1.29, 1.82) is 0 Å². The Balaban J connectivity index is 0.968. The highest BCUT2D eigenvalue weighted by Crippen LogP contribution is 2.42. The van der Waals surface area contributed by atoms with E-state index in [4.69, 9.17) is 0 Å². The summed E-state index contributed by atoms with van der Waals surface area (Å²) < 4.78 is 4.90. The average molecular weight is 703 g/mol. The molecule has 0 radical (unpaired) electrons. The Kier molecular flexibility index (Phi) is 6.54. The maximum Gasteiger partial charge on any atom is 0.154 e. The first-order valence-corrected chi connectivity index (χ1v) is 19.3. The predicted octanol–water partition coefficient (Wildman–Crippen LogP) is 12.1. The van der Waals surface area contributed by atoms with Gasteiger partial charge in [-0.15, -0.1) is 0 Å². The SMILES string of the molecule is C1=Cc2c(n(-c3ccc([NH+]4c5ccccc5C4c4ccccc4)cc3)c3ccc(-c4ccc5c(c4)c4c6ccccc6ccc4n5-c4ccccc4)cc23)C1. The number of para-hydroxylation sites is 2. The molecule has 2 aromatic heterocycles. The van der Waals surface area contributed by atoms with Gasteiger partial charge in [0.25, 0.3) is 0 Å². The van der Waals surface area contributed by atoms with E-state index in [2.05, 4.69) is 203 Å². The Hall–Kier alpha value is -6.94. The minimum absolute atomic E-state index is 0.301. The number of quaternary nitrogens is 1. The van der Waals surface area contributed by atoms with Gasteiger partial charge >= 0.3 is 0 Å². The molecule has 1 N–H and O–H groups in total. The lowest BCUT2D eigenvalue weighted by Gasteiger charge is -2.38. The number of allylic oxidation sites excluding steroid dienone is 1. The van der Waals surface area contributed by atoms with Gasteiger partial charge in [0.1, 0.15) is 11.4 Å². The fraction of sp³-hybridized carbons (Fsp3) is 0.0385. The summed E-state index contributed by atoms with van der Waals surface area (Å²) in [5.74, 6) is 0. The number of hydrogen-bond donors (Lipinski definition) is 1. The third-order valence-corrected chi connectivity index (χ3v) is 12.1. The number of nitrogens with one attached hydrogen (secondary N) is 1. The van der Waals surface area contributed by atoms with Crippen LogP contribution in [0.25, 0.3) is 72.1 Å². The van der Waals surface area contributed by atoms with Crippen molar-refractivity contribution in [2.75, 3.05) is 0 Å². The van der Waals surface area contributed by atoms with Gasteiger partial charge in [-0.2, -0.15) is 0 Å². The molecule has 55 heavy (non-hydrogen) atoms. The summed E-state index contributed by atoms with van der Waals surface area (Å²) in [7, 11) is 0. The Morgan fingerprint density at radius 1 is 0.491 bits per heavy atom. The van der Waals surface area contributed by atoms with E-state index >= 15 is 0 Å². The number of fused-ring (bicyclic) bond motifs is 9. The molecular weight excluding hydrogens is 667 g/mol. The van der Waals surface area contributed by atoms with Gasteiger partial charge in [-0.25, -0.2) is 0 Å². The molecule has 12 rings (SSSR count). The lowest BCUT2D eigenvalue weighted by Crippen LogP contribution is -3.07. The van der Waals surface area contributed by atoms with Crippen LogP contribution >= 0.6 is 0 Å². The van der Waals surface area contributed by atoms with Crippen LogP contribution in [0.15, 0.2) is 188 Å². The van der Waals surface area contributed by atoms with Crippen molar-refractivity contribution in [3.8, 4) is 22.5 Å². The van der Waals surface area contributed by atoms with E-state index < -0.39 is 0 Å². The normalized spacial score (nSPS) is 15.9. The van der Waals surface area contributed by atoms with Gasteiger partial charge in [0.2, 0.25) is 0 Å². The molecular formula is C52H36N3+. The van der Waals surface area contributed by atoms with Crippen LogP contribution in [0, 0.1) is 0 Å². The molecule has 2 aliphatic rings. The van der Waals surface area contributed by atoms with Gasteiger partial charge in [-0.3, -0.25) is 4.90 Å². The topological polar surface area (TPSA) is 14.3 Å². The highest BCUT2D eigenvalue weighted by atomic mass is 15.2. The summed E-state index contributed by atoms with van der Waals surface area (Å²) in [5, 5.41) is 6.43. The fourth-order valence-electron chi connectivity index (χ4n) is 9.67. The van der Waals surface area contributed by atoms with Crippen molar-refractivity contribution in [3.63, 3.8) is 0 Å². The van der Waals surface area contributed by atoms with Crippen LogP contribution in [0.2, 0.25) is 0 Å². The molecule has 3 nitrogen and oxygen atoms in total. The van der Waals surface area contributed by atoms with E-state index in [9.17, 15) is 0 Å². The van der Waals surface area contributed by atoms with Crippen molar-refractivity contribution in [2.45, 2.75) is 12.5 Å². The van der Waals surface area contributed by atoms with E-state index in [0.717, 1.165) is 6.42 Å². The molecule has 0 bridgehead atoms. The third kappa shape index (κ3) is 4.48. The number of hydrogen-bond acceptors (Lipinski definition) is 0. The van der Waals surface area contributed by atoms with E-state index in [0.29, 0.717) is 6.04 Å². The number of nitrogens with zero attached hydrogens (tertiary/aromatic N) is 2. The van der Waals surface area contributed by atoms with Crippen LogP contribution in [0.5, 0.6) is 0 Å². The van der Waals surface area contributed by atoms with Crippen LogP contribution in [-0.4, -0.2) is 9.13 Å². The van der Waals surface area contributed by atoms with Crippen molar-refractivity contribution >= 4 is 60.9 Å². The second-order valence-corrected chi connectivity index (χ2v) is 15.0. The molecule has 1 aliphatic heterocycles. The summed E-state index contributed by atoms with van der Waals surface area (Å²) in [6, 6.07) is 67.5. The highest BCUT2D eigenvalue weighted by molar-refractivity contribution is 6.22. The summed E-state index contributed by atoms with van der Waals surface area (Å²) >= 11 is 0. The van der Waals surface area contributed by atoms with Gasteiger partial charge in [0.15, 0.2) is 6.04 Å². The van der Waals surface area contributed by atoms with Crippen LogP contribution in [0.3, 0.4) is 0 Å². The largest absolute Gasteiger partial charge is 0.313 e. The molecule has 258 valence electrons. The third-order valence-electron chi connectivity index (χ3n) is 12.1. The zero-order chi connectivity index (χ0) is 36.0. The zero-order valence-corrected chi connectivity index (χ0v) is 30.2. The minimum atomic E-state index is 0.301. The van der Waals surface area contributed by atoms with Gasteiger partial charge in [0.05, 0.1) is 22.1 Å². The quantitative estimate of drug-likeness (QED) is 0.184. The summed E-state index contributed by atoms with van der Waals surface area (Å²) in [4.78, 5) is 1.42. The second kappa shape index (κ2) is 11.8. The van der Waals surface area contributed by atoms with E-state index in [-0.39, 0.29) is 0 Å².